The average molecular weight is 256 g/mol. The van der Waals surface area contributed by atoms with Crippen molar-refractivity contribution in [3.8, 4) is 0 Å². The van der Waals surface area contributed by atoms with Gasteiger partial charge in [-0.15, -0.1) is 0 Å². The summed E-state index contributed by atoms with van der Waals surface area (Å²) < 4.78 is 0. The van der Waals surface area contributed by atoms with E-state index in [9.17, 15) is 0 Å². The van der Waals surface area contributed by atoms with E-state index in [1.165, 1.54) is 5.57 Å². The van der Waals surface area contributed by atoms with Crippen LogP contribution in [0.4, 0.5) is 0 Å². The molecule has 0 fully saturated rings. The summed E-state index contributed by atoms with van der Waals surface area (Å²) in [5, 5.41) is 8.49. The van der Waals surface area contributed by atoms with Crippen LogP contribution in [0, 0.1) is 0 Å². The van der Waals surface area contributed by atoms with E-state index in [1.807, 2.05) is 0 Å². The molecule has 9 heavy (non-hydrogen) atoms. The molecule has 1 unspecified atom stereocenters. The summed E-state index contributed by atoms with van der Waals surface area (Å²) in [7, 11) is 2.21. The second-order valence-corrected chi connectivity index (χ2v) is 8.45. The Balaban J connectivity index is 3.27. The largest absolute Gasteiger partial charge is 0.396 e. The maximum Gasteiger partial charge on any atom is 0.147 e. The predicted molar refractivity (Wildman–Crippen MR) is 55.2 cm³/mol. The summed E-state index contributed by atoms with van der Waals surface area (Å²) in [5.74, 6) is 0. The van der Waals surface area contributed by atoms with Crippen molar-refractivity contribution < 1.29 is 5.11 Å². The lowest BCUT2D eigenvalue weighted by atomic mass is 10.3. The molecule has 0 rings (SSSR count). The number of hydrogen-bond acceptors (Lipinski definition) is 1. The molecule has 0 bridgehead atoms. The van der Waals surface area contributed by atoms with E-state index in [0.29, 0.717) is 0 Å². The van der Waals surface area contributed by atoms with Gasteiger partial charge in [0.05, 0.1) is 0 Å². The Bertz CT molecular complexity index is 97.0. The summed E-state index contributed by atoms with van der Waals surface area (Å²) in [6, 6.07) is 0. The van der Waals surface area contributed by atoms with Crippen LogP contribution in [0.5, 0.6) is 0 Å². The molecule has 52 valence electrons. The summed E-state index contributed by atoms with van der Waals surface area (Å²) in [4.78, 5) is 0. The number of halogens is 1. The Kier molecular flexibility index (Phi) is 6.28. The molecule has 4 heteroatoms. The monoisotopic (exact) mass is 256 g/mol. The van der Waals surface area contributed by atoms with Gasteiger partial charge in [0.15, 0.2) is 0 Å². The van der Waals surface area contributed by atoms with Gasteiger partial charge in [-0.25, -0.2) is 0 Å². The zero-order valence-electron chi connectivity index (χ0n) is 5.60. The third-order valence-corrected chi connectivity index (χ3v) is 2.81. The van der Waals surface area contributed by atoms with Crippen LogP contribution < -0.4 is 0 Å². The van der Waals surface area contributed by atoms with Crippen molar-refractivity contribution in [2.45, 2.75) is 6.42 Å². The van der Waals surface area contributed by atoms with Crippen molar-refractivity contribution >= 4 is 35.0 Å². The van der Waals surface area contributed by atoms with Crippen LogP contribution in [0.1, 0.15) is 6.42 Å². The highest BCUT2D eigenvalue weighted by Gasteiger charge is 1.97. The van der Waals surface area contributed by atoms with Gasteiger partial charge < -0.3 is 5.11 Å². The highest BCUT2D eigenvalue weighted by molar-refractivity contribution is 14.2. The van der Waals surface area contributed by atoms with Crippen LogP contribution in [-0.2, 0) is 0 Å². The molecule has 0 radical (unpaired) electrons. The van der Waals surface area contributed by atoms with Gasteiger partial charge in [-0.05, 0) is 12.6 Å². The van der Waals surface area contributed by atoms with Crippen molar-refractivity contribution in [1.82, 2.24) is 0 Å². The first-order chi connectivity index (χ1) is 4.16. The standard InChI is InChI=1S/C5H11BIOP/c1-5(2-3-8)4-9(6)7/h8H,1-4,6H2. The van der Waals surface area contributed by atoms with Crippen molar-refractivity contribution in [2.24, 2.45) is 0 Å². The van der Waals surface area contributed by atoms with E-state index in [-0.39, 0.29) is 12.0 Å². The number of aliphatic hydroxyl groups excluding tert-OH is 1. The van der Waals surface area contributed by atoms with Crippen LogP contribution in [-0.4, -0.2) is 25.4 Å². The van der Waals surface area contributed by atoms with E-state index < -0.39 is 0 Å². The van der Waals surface area contributed by atoms with E-state index in [4.69, 9.17) is 5.11 Å². The quantitative estimate of drug-likeness (QED) is 0.348. The predicted octanol–water partition coefficient (Wildman–Crippen LogP) is 1.30. The minimum Gasteiger partial charge on any atom is -0.396 e. The van der Waals surface area contributed by atoms with Crippen LogP contribution in [0.2, 0.25) is 0 Å². The molecule has 0 amide bonds. The summed E-state index contributed by atoms with van der Waals surface area (Å²) >= 11 is 2.42. The van der Waals surface area contributed by atoms with Gasteiger partial charge in [-0.1, -0.05) is 39.6 Å². The van der Waals surface area contributed by atoms with Crippen molar-refractivity contribution in [2.75, 3.05) is 12.8 Å². The van der Waals surface area contributed by atoms with Crippen molar-refractivity contribution in [1.29, 1.82) is 0 Å². The topological polar surface area (TPSA) is 20.2 Å². The number of hydrogen-bond donors (Lipinski definition) is 1. The van der Waals surface area contributed by atoms with E-state index in [0.717, 1.165) is 12.6 Å². The fraction of sp³-hybridized carbons (Fsp3) is 0.600. The first-order valence-electron chi connectivity index (χ1n) is 2.81. The molecule has 0 aliphatic rings. The molecule has 1 atom stereocenters. The van der Waals surface area contributed by atoms with Gasteiger partial charge in [0.25, 0.3) is 0 Å². The smallest absolute Gasteiger partial charge is 0.147 e. The molecule has 1 nitrogen and oxygen atoms in total. The highest BCUT2D eigenvalue weighted by atomic mass is 127. The lowest BCUT2D eigenvalue weighted by Gasteiger charge is -2.04. The van der Waals surface area contributed by atoms with Crippen LogP contribution in [0.25, 0.3) is 0 Å². The van der Waals surface area contributed by atoms with Crippen LogP contribution >= 0.6 is 27.5 Å². The summed E-state index contributed by atoms with van der Waals surface area (Å²) in [6.45, 7) is 4.08. The lowest BCUT2D eigenvalue weighted by molar-refractivity contribution is 0.299. The maximum atomic E-state index is 8.49. The Morgan fingerprint density at radius 3 is 2.67 bits per heavy atom. The fourth-order valence-electron chi connectivity index (χ4n) is 0.545. The number of rotatable bonds is 4. The maximum absolute atomic E-state index is 8.49. The third-order valence-electron chi connectivity index (χ3n) is 0.907. The van der Waals surface area contributed by atoms with Gasteiger partial charge in [0.2, 0.25) is 0 Å². The molecule has 0 heterocycles. The van der Waals surface area contributed by atoms with Crippen LogP contribution in [0.3, 0.4) is 0 Å². The second-order valence-electron chi connectivity index (χ2n) is 1.99. The van der Waals surface area contributed by atoms with Gasteiger partial charge >= 0.3 is 0 Å². The van der Waals surface area contributed by atoms with Gasteiger partial charge in [-0.2, -0.15) is 0 Å². The van der Waals surface area contributed by atoms with Gasteiger partial charge in [0, 0.05) is 6.61 Å². The Hall–Kier alpha value is 0.925. The Labute approximate surface area is 71.5 Å². The zero-order valence-corrected chi connectivity index (χ0v) is 8.65. The molecule has 0 aromatic rings. The second kappa shape index (κ2) is 5.69. The lowest BCUT2D eigenvalue weighted by Crippen LogP contribution is -1.89. The molecule has 0 aromatic carbocycles. The Morgan fingerprint density at radius 1 is 1.78 bits per heavy atom. The third kappa shape index (κ3) is 6.81. The summed E-state index contributed by atoms with van der Waals surface area (Å²) in [5.41, 5.74) is 1.29. The fourth-order valence-corrected chi connectivity index (χ4v) is 2.77. The van der Waals surface area contributed by atoms with Gasteiger partial charge in [0.1, 0.15) is 7.57 Å². The summed E-state index contributed by atoms with van der Waals surface area (Å²) in [6.07, 6.45) is 1.87. The molecular weight excluding hydrogens is 245 g/mol. The first kappa shape index (κ1) is 9.92. The van der Waals surface area contributed by atoms with Crippen LogP contribution in [0.15, 0.2) is 12.2 Å². The number of aliphatic hydroxyl groups is 1. The first-order valence-corrected chi connectivity index (χ1v) is 7.57. The SMILES string of the molecule is BP(I)CC(=C)CCO. The van der Waals surface area contributed by atoms with E-state index in [2.05, 4.69) is 36.2 Å². The minimum absolute atomic E-state index is 0.108. The molecule has 0 aliphatic heterocycles. The highest BCUT2D eigenvalue weighted by Crippen LogP contribution is 2.40. The minimum atomic E-state index is 0.108. The normalized spacial score (nSPS) is 13.1. The van der Waals surface area contributed by atoms with Crippen molar-refractivity contribution in [3.63, 3.8) is 0 Å². The molecule has 0 saturated carbocycles. The van der Waals surface area contributed by atoms with E-state index in [1.54, 1.807) is 0 Å². The van der Waals surface area contributed by atoms with E-state index >= 15 is 0 Å². The molecule has 0 aromatic heterocycles. The zero-order chi connectivity index (χ0) is 7.28. The molecular formula is C5H11BIOP. The van der Waals surface area contributed by atoms with Gasteiger partial charge in [-0.3, -0.25) is 0 Å². The molecule has 0 saturated heterocycles. The van der Waals surface area contributed by atoms with Crippen molar-refractivity contribution in [3.05, 3.63) is 12.2 Å². The molecule has 0 aliphatic carbocycles. The molecule has 0 spiro atoms. The Morgan fingerprint density at radius 2 is 2.33 bits per heavy atom. The average Bonchev–Trinajstić information content (AvgIpc) is 1.63. The molecule has 1 N–H and O–H groups in total.